The van der Waals surface area contributed by atoms with E-state index in [1.165, 1.54) is 10.8 Å². The molecule has 1 amide bonds. The van der Waals surface area contributed by atoms with Crippen LogP contribution < -0.4 is 14.6 Å². The number of amides is 1. The van der Waals surface area contributed by atoms with Gasteiger partial charge in [-0.15, -0.1) is 0 Å². The molecule has 3 atom stereocenters. The summed E-state index contributed by atoms with van der Waals surface area (Å²) in [5.74, 6) is -0.349. The Kier molecular flexibility index (Phi) is 10.4. The monoisotopic (exact) mass is 633 g/mol. The van der Waals surface area contributed by atoms with Gasteiger partial charge in [0.2, 0.25) is 0 Å². The first-order valence-electron chi connectivity index (χ1n) is 12.7. The molecule has 1 aromatic heterocycles. The molecule has 2 heterocycles. The zero-order valence-corrected chi connectivity index (χ0v) is 26.8. The van der Waals surface area contributed by atoms with Crippen LogP contribution in [-0.2, 0) is 23.1 Å². The Balaban J connectivity index is 1.91. The summed E-state index contributed by atoms with van der Waals surface area (Å²) in [6, 6.07) is 10.1. The van der Waals surface area contributed by atoms with Crippen molar-refractivity contribution < 1.29 is 32.3 Å². The predicted octanol–water partition coefficient (Wildman–Crippen LogP) is 4.67. The van der Waals surface area contributed by atoms with E-state index in [0.29, 0.717) is 12.3 Å². The number of primary amides is 1. The summed E-state index contributed by atoms with van der Waals surface area (Å²) in [7, 11) is -5.78. The maximum atomic E-state index is 13.1. The van der Waals surface area contributed by atoms with Crippen molar-refractivity contribution in [3.8, 4) is 5.88 Å². The third kappa shape index (κ3) is 7.58. The van der Waals surface area contributed by atoms with Crippen LogP contribution in [-0.4, -0.2) is 64.6 Å². The van der Waals surface area contributed by atoms with Gasteiger partial charge in [-0.2, -0.15) is 0 Å². The zero-order valence-electron chi connectivity index (χ0n) is 23.2. The van der Waals surface area contributed by atoms with E-state index in [9.17, 15) is 9.36 Å². The average molecular weight is 633 g/mol. The Hall–Kier alpha value is -1.49. The molecule has 38 heavy (non-hydrogen) atoms. The summed E-state index contributed by atoms with van der Waals surface area (Å²) in [6.45, 7) is 14.5. The van der Waals surface area contributed by atoms with E-state index in [1.54, 1.807) is 18.4 Å². The van der Waals surface area contributed by atoms with Crippen LogP contribution in [0, 0.1) is 0 Å². The molecule has 1 aliphatic rings. The normalized spacial score (nSPS) is 20.6. The number of benzene rings is 1. The third-order valence-electron chi connectivity index (χ3n) is 6.56. The molecule has 0 radical (unpaired) electrons. The Labute approximate surface area is 232 Å². The van der Waals surface area contributed by atoms with Crippen molar-refractivity contribution in [3.05, 3.63) is 42.4 Å². The molecule has 0 spiro atoms. The predicted molar refractivity (Wildman–Crippen MR) is 149 cm³/mol. The third-order valence-corrected chi connectivity index (χ3v) is 15.3. The number of ether oxygens (including phenoxy) is 2. The number of rotatable bonds is 13. The molecule has 1 aromatic carbocycles. The van der Waals surface area contributed by atoms with E-state index in [-0.39, 0.29) is 50.1 Å². The molecular formula is C25H40N3O7PSeSi. The zero-order chi connectivity index (χ0) is 28.1. The van der Waals surface area contributed by atoms with Gasteiger partial charge in [-0.25, -0.2) is 0 Å². The van der Waals surface area contributed by atoms with Crippen LogP contribution in [0.2, 0.25) is 22.9 Å². The van der Waals surface area contributed by atoms with E-state index in [2.05, 4.69) is 51.0 Å². The molecule has 1 aliphatic heterocycles. The van der Waals surface area contributed by atoms with Gasteiger partial charge in [0.25, 0.3) is 0 Å². The number of nitrogens with zero attached hydrogens (tertiary/aromatic N) is 2. The van der Waals surface area contributed by atoms with Crippen LogP contribution >= 0.6 is 7.60 Å². The minimum absolute atomic E-state index is 0.0184. The Morgan fingerprint density at radius 1 is 1.21 bits per heavy atom. The van der Waals surface area contributed by atoms with E-state index in [0.717, 1.165) is 0 Å². The van der Waals surface area contributed by atoms with Gasteiger partial charge in [0.15, 0.2) is 0 Å². The number of carbonyl (C=O) groups is 1. The van der Waals surface area contributed by atoms with Crippen molar-refractivity contribution in [1.29, 1.82) is 0 Å². The summed E-state index contributed by atoms with van der Waals surface area (Å²) >= 11 is -0.0184. The summed E-state index contributed by atoms with van der Waals surface area (Å²) in [6.07, 6.45) is 0.699. The van der Waals surface area contributed by atoms with Gasteiger partial charge in [-0.3, -0.25) is 0 Å². The van der Waals surface area contributed by atoms with E-state index in [4.69, 9.17) is 28.7 Å². The van der Waals surface area contributed by atoms with Crippen LogP contribution in [0.15, 0.2) is 36.7 Å². The number of imidazole rings is 1. The van der Waals surface area contributed by atoms with Gasteiger partial charge in [-0.05, 0) is 0 Å². The molecule has 3 rings (SSSR count). The minimum atomic E-state index is -3.43. The second-order valence-corrected chi connectivity index (χ2v) is 19.9. The van der Waals surface area contributed by atoms with Gasteiger partial charge in [0.05, 0.1) is 0 Å². The molecule has 2 N–H and O–H groups in total. The molecule has 0 aliphatic carbocycles. The molecule has 1 saturated heterocycles. The molecule has 0 unspecified atom stereocenters. The van der Waals surface area contributed by atoms with Gasteiger partial charge in [0.1, 0.15) is 0 Å². The van der Waals surface area contributed by atoms with Gasteiger partial charge in [0, 0.05) is 0 Å². The number of carbonyl (C=O) groups excluding carboxylic acids is 1. The van der Waals surface area contributed by atoms with Crippen molar-refractivity contribution in [2.75, 3.05) is 19.6 Å². The second-order valence-electron chi connectivity index (χ2n) is 10.4. The fourth-order valence-corrected chi connectivity index (χ4v) is 8.41. The molecule has 212 valence electrons. The van der Waals surface area contributed by atoms with Crippen molar-refractivity contribution in [3.63, 3.8) is 0 Å². The first-order valence-corrected chi connectivity index (χ1v) is 19.2. The van der Waals surface area contributed by atoms with E-state index < -0.39 is 34.3 Å². The van der Waals surface area contributed by atoms with Gasteiger partial charge >= 0.3 is 233 Å². The molecule has 0 bridgehead atoms. The Morgan fingerprint density at radius 2 is 1.84 bits per heavy atom. The quantitative estimate of drug-likeness (QED) is 0.250. The van der Waals surface area contributed by atoms with Gasteiger partial charge < -0.3 is 0 Å². The van der Waals surface area contributed by atoms with Crippen molar-refractivity contribution >= 4 is 41.2 Å². The Bertz CT molecular complexity index is 1120. The number of hydrogen-bond acceptors (Lipinski definition) is 8. The van der Waals surface area contributed by atoms with Crippen LogP contribution in [0.3, 0.4) is 0 Å². The van der Waals surface area contributed by atoms with E-state index in [1.807, 2.05) is 18.2 Å². The standard InChI is InChI=1S/C25H40N3O7PSeSi/c1-8-32-36(30,33-9-2)17-31-24-19(37-18-13-11-10-12-14-18)15-20(34-24)28-16-27-21(22(26)29)23(28)35-38(6,7)25(3,4)5/h10-14,16,19-20,24H,8-9,15,17H2,1-7H3,(H2,26,29)/t19-,20+,24-/m0/s1. The first kappa shape index (κ1) is 31.0. The number of nitrogens with two attached hydrogens (primary N) is 1. The van der Waals surface area contributed by atoms with Crippen molar-refractivity contribution in [2.45, 2.75) is 76.5 Å². The van der Waals surface area contributed by atoms with Crippen LogP contribution in [0.25, 0.3) is 0 Å². The van der Waals surface area contributed by atoms with Crippen molar-refractivity contribution in [1.82, 2.24) is 9.55 Å². The van der Waals surface area contributed by atoms with Gasteiger partial charge in [-0.1, -0.05) is 0 Å². The fourth-order valence-electron chi connectivity index (χ4n) is 3.60. The molecule has 0 saturated carbocycles. The molecule has 1 fully saturated rings. The topological polar surface area (TPSA) is 124 Å². The van der Waals surface area contributed by atoms with Crippen LogP contribution in [0.5, 0.6) is 5.88 Å². The average Bonchev–Trinajstić information content (AvgIpc) is 3.41. The number of aromatic nitrogens is 2. The second kappa shape index (κ2) is 12.8. The molecule has 13 heteroatoms. The molecule has 2 aromatic rings. The SMILES string of the molecule is CCOP(=O)(CO[C@H]1O[C@@H](n2cnc(C(N)=O)c2O[Si](C)(C)C(C)(C)C)C[C@@H]1[Se]c1ccccc1)OCC. The van der Waals surface area contributed by atoms with Crippen molar-refractivity contribution in [2.24, 2.45) is 5.73 Å². The number of hydrogen-bond donors (Lipinski definition) is 1. The van der Waals surface area contributed by atoms with Crippen LogP contribution in [0.1, 0.15) is 57.8 Å². The molecule has 10 nitrogen and oxygen atoms in total. The maximum absolute atomic E-state index is 13.1. The first-order chi connectivity index (χ1) is 17.8. The van der Waals surface area contributed by atoms with E-state index >= 15 is 0 Å². The Morgan fingerprint density at radius 3 is 2.39 bits per heavy atom. The summed E-state index contributed by atoms with van der Waals surface area (Å²) in [5, 5.41) is -0.113. The summed E-state index contributed by atoms with van der Waals surface area (Å²) < 4.78 is 45.8. The molecular weight excluding hydrogens is 592 g/mol. The summed E-state index contributed by atoms with van der Waals surface area (Å²) in [5.41, 5.74) is 5.74. The summed E-state index contributed by atoms with van der Waals surface area (Å²) in [4.78, 5) is 16.5. The fraction of sp³-hybridized carbons (Fsp3) is 0.600. The van der Waals surface area contributed by atoms with Crippen LogP contribution in [0.4, 0.5) is 0 Å².